The average Bonchev–Trinajstić information content (AvgIpc) is 3.09. The maximum absolute atomic E-state index is 12.5. The molecule has 1 aliphatic carbocycles. The first-order valence-electron chi connectivity index (χ1n) is 8.50. The molecule has 4 rings (SSSR count). The second-order valence-corrected chi connectivity index (χ2v) is 7.34. The highest BCUT2D eigenvalue weighted by molar-refractivity contribution is 7.20. The Morgan fingerprint density at radius 1 is 1.16 bits per heavy atom. The number of thiophene rings is 1. The van der Waals surface area contributed by atoms with E-state index < -0.39 is 0 Å². The minimum absolute atomic E-state index is 0.0273. The predicted molar refractivity (Wildman–Crippen MR) is 98.0 cm³/mol. The molecule has 0 atom stereocenters. The number of benzene rings is 1. The Kier molecular flexibility index (Phi) is 4.61. The fraction of sp³-hybridized carbons (Fsp3) is 0.316. The van der Waals surface area contributed by atoms with Crippen molar-refractivity contribution in [3.63, 3.8) is 0 Å². The standard InChI is InChI=1S/C19H19N3O2S/c23-19(17-11-13-3-1-2-4-16(13)25-17)22-14-5-7-15(8-6-14)24-18-12-20-9-10-21-18/h1-4,9-12,14-15H,5-8H2,(H,22,23). The van der Waals surface area contributed by atoms with E-state index in [4.69, 9.17) is 4.74 Å². The largest absolute Gasteiger partial charge is 0.473 e. The van der Waals surface area contributed by atoms with Gasteiger partial charge in [0.25, 0.3) is 5.91 Å². The molecule has 1 saturated carbocycles. The molecule has 1 aromatic carbocycles. The lowest BCUT2D eigenvalue weighted by atomic mass is 9.93. The Labute approximate surface area is 150 Å². The van der Waals surface area contributed by atoms with Gasteiger partial charge >= 0.3 is 0 Å². The summed E-state index contributed by atoms with van der Waals surface area (Å²) in [4.78, 5) is 21.4. The Morgan fingerprint density at radius 2 is 2.00 bits per heavy atom. The maximum atomic E-state index is 12.5. The minimum atomic E-state index is 0.0273. The summed E-state index contributed by atoms with van der Waals surface area (Å²) in [6.45, 7) is 0. The fourth-order valence-electron chi connectivity index (χ4n) is 3.19. The molecular formula is C19H19N3O2S. The molecule has 1 N–H and O–H groups in total. The van der Waals surface area contributed by atoms with E-state index in [0.29, 0.717) is 5.88 Å². The summed E-state index contributed by atoms with van der Waals surface area (Å²) in [5, 5.41) is 4.29. The molecule has 5 nitrogen and oxygen atoms in total. The topological polar surface area (TPSA) is 64.1 Å². The SMILES string of the molecule is O=C(NC1CCC(Oc2cnccn2)CC1)c1cc2ccccc2s1. The molecule has 2 aromatic heterocycles. The number of hydrogen-bond donors (Lipinski definition) is 1. The van der Waals surface area contributed by atoms with Gasteiger partial charge in [-0.2, -0.15) is 0 Å². The highest BCUT2D eigenvalue weighted by Crippen LogP contribution is 2.26. The van der Waals surface area contributed by atoms with Crippen molar-refractivity contribution in [2.45, 2.75) is 37.8 Å². The van der Waals surface area contributed by atoms with Crippen molar-refractivity contribution in [3.8, 4) is 5.88 Å². The number of fused-ring (bicyclic) bond motifs is 1. The Morgan fingerprint density at radius 3 is 2.76 bits per heavy atom. The first-order chi connectivity index (χ1) is 12.3. The van der Waals surface area contributed by atoms with Crippen LogP contribution in [0.15, 0.2) is 48.9 Å². The number of rotatable bonds is 4. The molecule has 128 valence electrons. The minimum Gasteiger partial charge on any atom is -0.473 e. The van der Waals surface area contributed by atoms with E-state index in [2.05, 4.69) is 15.3 Å². The van der Waals surface area contributed by atoms with E-state index in [9.17, 15) is 4.79 Å². The van der Waals surface area contributed by atoms with Gasteiger partial charge in [0, 0.05) is 23.1 Å². The van der Waals surface area contributed by atoms with Gasteiger partial charge in [0.1, 0.15) is 6.10 Å². The number of nitrogens with zero attached hydrogens (tertiary/aromatic N) is 2. The number of hydrogen-bond acceptors (Lipinski definition) is 5. The molecule has 0 unspecified atom stereocenters. The molecule has 0 radical (unpaired) electrons. The molecule has 6 heteroatoms. The van der Waals surface area contributed by atoms with Gasteiger partial charge in [-0.3, -0.25) is 9.78 Å². The second-order valence-electron chi connectivity index (χ2n) is 6.26. The zero-order chi connectivity index (χ0) is 17.1. The average molecular weight is 353 g/mol. The molecule has 3 aromatic rings. The molecule has 0 bridgehead atoms. The number of carbonyl (C=O) groups excluding carboxylic acids is 1. The van der Waals surface area contributed by atoms with E-state index in [1.807, 2.05) is 30.3 Å². The Balaban J connectivity index is 1.31. The number of nitrogens with one attached hydrogen (secondary N) is 1. The van der Waals surface area contributed by atoms with Crippen molar-refractivity contribution in [1.82, 2.24) is 15.3 Å². The summed E-state index contributed by atoms with van der Waals surface area (Å²) >= 11 is 1.54. The third-order valence-corrected chi connectivity index (χ3v) is 5.60. The molecule has 0 spiro atoms. The molecule has 1 fully saturated rings. The van der Waals surface area contributed by atoms with Crippen LogP contribution < -0.4 is 10.1 Å². The van der Waals surface area contributed by atoms with Crippen molar-refractivity contribution in [2.24, 2.45) is 0 Å². The van der Waals surface area contributed by atoms with Gasteiger partial charge in [0.2, 0.25) is 5.88 Å². The highest BCUT2D eigenvalue weighted by Gasteiger charge is 2.24. The highest BCUT2D eigenvalue weighted by atomic mass is 32.1. The van der Waals surface area contributed by atoms with Crippen molar-refractivity contribution >= 4 is 27.3 Å². The van der Waals surface area contributed by atoms with Crippen LogP contribution in [0.25, 0.3) is 10.1 Å². The van der Waals surface area contributed by atoms with Gasteiger partial charge < -0.3 is 10.1 Å². The number of carbonyl (C=O) groups is 1. The zero-order valence-electron chi connectivity index (χ0n) is 13.7. The molecule has 1 amide bonds. The normalized spacial score (nSPS) is 20.3. The van der Waals surface area contributed by atoms with Crippen LogP contribution in [0, 0.1) is 0 Å². The van der Waals surface area contributed by atoms with Gasteiger partial charge in [-0.25, -0.2) is 4.98 Å². The zero-order valence-corrected chi connectivity index (χ0v) is 14.5. The number of amides is 1. The van der Waals surface area contributed by atoms with Gasteiger partial charge in [0.15, 0.2) is 0 Å². The van der Waals surface area contributed by atoms with E-state index in [1.54, 1.807) is 29.9 Å². The molecule has 25 heavy (non-hydrogen) atoms. The summed E-state index contributed by atoms with van der Waals surface area (Å²) in [6.07, 6.45) is 8.70. The van der Waals surface area contributed by atoms with Crippen LogP contribution in [0.3, 0.4) is 0 Å². The number of aromatic nitrogens is 2. The molecular weight excluding hydrogens is 334 g/mol. The summed E-state index contributed by atoms with van der Waals surface area (Å²) in [5.74, 6) is 0.597. The van der Waals surface area contributed by atoms with Crippen LogP contribution in [0.5, 0.6) is 5.88 Å². The lowest BCUT2D eigenvalue weighted by molar-refractivity contribution is 0.0894. The van der Waals surface area contributed by atoms with Gasteiger partial charge in [-0.1, -0.05) is 18.2 Å². The quantitative estimate of drug-likeness (QED) is 0.775. The van der Waals surface area contributed by atoms with Crippen LogP contribution in [0.2, 0.25) is 0 Å². The van der Waals surface area contributed by atoms with Gasteiger partial charge in [0.05, 0.1) is 11.1 Å². The molecule has 0 saturated heterocycles. The first-order valence-corrected chi connectivity index (χ1v) is 9.32. The van der Waals surface area contributed by atoms with Gasteiger partial charge in [-0.05, 0) is 43.2 Å². The van der Waals surface area contributed by atoms with Crippen LogP contribution in [-0.4, -0.2) is 28.0 Å². The molecule has 0 aliphatic heterocycles. The van der Waals surface area contributed by atoms with Crippen molar-refractivity contribution in [2.75, 3.05) is 0 Å². The van der Waals surface area contributed by atoms with Crippen molar-refractivity contribution in [3.05, 3.63) is 53.8 Å². The van der Waals surface area contributed by atoms with Crippen molar-refractivity contribution < 1.29 is 9.53 Å². The van der Waals surface area contributed by atoms with Crippen molar-refractivity contribution in [1.29, 1.82) is 0 Å². The number of ether oxygens (including phenoxy) is 1. The van der Waals surface area contributed by atoms with E-state index in [0.717, 1.165) is 40.6 Å². The van der Waals surface area contributed by atoms with Crippen LogP contribution in [-0.2, 0) is 0 Å². The molecule has 2 heterocycles. The third-order valence-electron chi connectivity index (χ3n) is 4.49. The maximum Gasteiger partial charge on any atom is 0.261 e. The third kappa shape index (κ3) is 3.79. The lowest BCUT2D eigenvalue weighted by Gasteiger charge is -2.28. The van der Waals surface area contributed by atoms with Crippen LogP contribution in [0.4, 0.5) is 0 Å². The van der Waals surface area contributed by atoms with E-state index in [-0.39, 0.29) is 18.1 Å². The summed E-state index contributed by atoms with van der Waals surface area (Å²) in [6, 6.07) is 10.3. The summed E-state index contributed by atoms with van der Waals surface area (Å²) in [5.41, 5.74) is 0. The molecule has 1 aliphatic rings. The monoisotopic (exact) mass is 353 g/mol. The van der Waals surface area contributed by atoms with Crippen LogP contribution in [0.1, 0.15) is 35.4 Å². The fourth-order valence-corrected chi connectivity index (χ4v) is 4.16. The predicted octanol–water partition coefficient (Wildman–Crippen LogP) is 3.81. The van der Waals surface area contributed by atoms with Crippen LogP contribution >= 0.6 is 11.3 Å². The Hall–Kier alpha value is -2.47. The second kappa shape index (κ2) is 7.19. The van der Waals surface area contributed by atoms with E-state index >= 15 is 0 Å². The summed E-state index contributed by atoms with van der Waals surface area (Å²) < 4.78 is 7.00. The Bertz CT molecular complexity index is 824. The van der Waals surface area contributed by atoms with E-state index in [1.165, 1.54) is 0 Å². The lowest BCUT2D eigenvalue weighted by Crippen LogP contribution is -2.39. The first kappa shape index (κ1) is 16.0. The smallest absolute Gasteiger partial charge is 0.261 e. The van der Waals surface area contributed by atoms with Gasteiger partial charge in [-0.15, -0.1) is 11.3 Å². The summed E-state index contributed by atoms with van der Waals surface area (Å²) in [7, 11) is 0.